The Bertz CT molecular complexity index is 295. The summed E-state index contributed by atoms with van der Waals surface area (Å²) in [5.41, 5.74) is 0.911. The van der Waals surface area contributed by atoms with Gasteiger partial charge in [0, 0.05) is 19.6 Å². The van der Waals surface area contributed by atoms with Gasteiger partial charge < -0.3 is 14.6 Å². The van der Waals surface area contributed by atoms with Gasteiger partial charge in [0.15, 0.2) is 0 Å². The van der Waals surface area contributed by atoms with Crippen molar-refractivity contribution in [2.45, 2.75) is 32.8 Å². The standard InChI is InChI=1S/C14H22O3/c1-3-10-16-11-9-14(15)12-5-7-13(8-6-12)17-4-2/h5-8,14-15H,3-4,9-11H2,1-2H3. The van der Waals surface area contributed by atoms with Crippen molar-refractivity contribution < 1.29 is 14.6 Å². The molecular weight excluding hydrogens is 216 g/mol. The Kier molecular flexibility index (Phi) is 6.67. The van der Waals surface area contributed by atoms with Gasteiger partial charge in [0.2, 0.25) is 0 Å². The Balaban J connectivity index is 2.37. The molecule has 1 aromatic rings. The molecule has 0 heterocycles. The molecule has 0 aliphatic carbocycles. The van der Waals surface area contributed by atoms with E-state index in [9.17, 15) is 5.11 Å². The fourth-order valence-corrected chi connectivity index (χ4v) is 1.56. The van der Waals surface area contributed by atoms with E-state index in [1.54, 1.807) is 0 Å². The monoisotopic (exact) mass is 238 g/mol. The number of rotatable bonds is 8. The summed E-state index contributed by atoms with van der Waals surface area (Å²) in [5.74, 6) is 0.839. The van der Waals surface area contributed by atoms with Crippen molar-refractivity contribution in [3.8, 4) is 5.75 Å². The van der Waals surface area contributed by atoms with E-state index in [0.717, 1.165) is 24.3 Å². The van der Waals surface area contributed by atoms with E-state index in [2.05, 4.69) is 6.92 Å². The van der Waals surface area contributed by atoms with Gasteiger partial charge in [-0.25, -0.2) is 0 Å². The van der Waals surface area contributed by atoms with E-state index in [4.69, 9.17) is 9.47 Å². The molecule has 0 amide bonds. The van der Waals surface area contributed by atoms with Crippen molar-refractivity contribution in [3.05, 3.63) is 29.8 Å². The summed E-state index contributed by atoms with van der Waals surface area (Å²) in [6.07, 6.45) is 1.19. The second-order valence-corrected chi connectivity index (χ2v) is 3.92. The lowest BCUT2D eigenvalue weighted by Crippen LogP contribution is -2.04. The maximum Gasteiger partial charge on any atom is 0.119 e. The topological polar surface area (TPSA) is 38.7 Å². The molecule has 0 spiro atoms. The second kappa shape index (κ2) is 8.09. The molecule has 0 fully saturated rings. The van der Waals surface area contributed by atoms with E-state index < -0.39 is 6.10 Å². The Hall–Kier alpha value is -1.06. The molecule has 1 rings (SSSR count). The lowest BCUT2D eigenvalue weighted by Gasteiger charge is -2.12. The highest BCUT2D eigenvalue weighted by molar-refractivity contribution is 5.28. The van der Waals surface area contributed by atoms with E-state index in [-0.39, 0.29) is 0 Å². The van der Waals surface area contributed by atoms with Crippen LogP contribution in [0.5, 0.6) is 5.75 Å². The number of aliphatic hydroxyl groups excluding tert-OH is 1. The van der Waals surface area contributed by atoms with E-state index >= 15 is 0 Å². The number of hydrogen-bond acceptors (Lipinski definition) is 3. The largest absolute Gasteiger partial charge is 0.494 e. The number of aliphatic hydroxyl groups is 1. The van der Waals surface area contributed by atoms with E-state index in [1.807, 2.05) is 31.2 Å². The van der Waals surface area contributed by atoms with Crippen LogP contribution in [-0.4, -0.2) is 24.9 Å². The third-order valence-electron chi connectivity index (χ3n) is 2.46. The quantitative estimate of drug-likeness (QED) is 0.708. The summed E-state index contributed by atoms with van der Waals surface area (Å²) in [6, 6.07) is 7.56. The van der Waals surface area contributed by atoms with Crippen molar-refractivity contribution in [2.24, 2.45) is 0 Å². The van der Waals surface area contributed by atoms with Crippen molar-refractivity contribution in [1.29, 1.82) is 0 Å². The smallest absolute Gasteiger partial charge is 0.119 e. The van der Waals surface area contributed by atoms with Crippen molar-refractivity contribution >= 4 is 0 Å². The number of hydrogen-bond donors (Lipinski definition) is 1. The van der Waals surface area contributed by atoms with Crippen LogP contribution in [0.4, 0.5) is 0 Å². The van der Waals surface area contributed by atoms with Gasteiger partial charge in [-0.15, -0.1) is 0 Å². The molecule has 0 aliphatic heterocycles. The fraction of sp³-hybridized carbons (Fsp3) is 0.571. The molecule has 0 aromatic heterocycles. The average molecular weight is 238 g/mol. The van der Waals surface area contributed by atoms with Crippen LogP contribution < -0.4 is 4.74 Å². The van der Waals surface area contributed by atoms with Crippen LogP contribution >= 0.6 is 0 Å². The van der Waals surface area contributed by atoms with Gasteiger partial charge in [-0.3, -0.25) is 0 Å². The first-order valence-electron chi connectivity index (χ1n) is 6.26. The third-order valence-corrected chi connectivity index (χ3v) is 2.46. The number of ether oxygens (including phenoxy) is 2. The number of benzene rings is 1. The molecule has 1 atom stereocenters. The van der Waals surface area contributed by atoms with E-state index in [1.165, 1.54) is 0 Å². The van der Waals surface area contributed by atoms with Gasteiger partial charge in [0.1, 0.15) is 5.75 Å². The van der Waals surface area contributed by atoms with Crippen molar-refractivity contribution in [2.75, 3.05) is 19.8 Å². The van der Waals surface area contributed by atoms with Gasteiger partial charge in [-0.05, 0) is 31.0 Å². The van der Waals surface area contributed by atoms with Gasteiger partial charge >= 0.3 is 0 Å². The average Bonchev–Trinajstić information content (AvgIpc) is 2.36. The first kappa shape index (κ1) is 14.0. The van der Waals surface area contributed by atoms with Gasteiger partial charge in [-0.1, -0.05) is 19.1 Å². The lowest BCUT2D eigenvalue weighted by molar-refractivity contribution is 0.0822. The van der Waals surface area contributed by atoms with Crippen molar-refractivity contribution in [3.63, 3.8) is 0 Å². The fourth-order valence-electron chi connectivity index (χ4n) is 1.56. The van der Waals surface area contributed by atoms with Crippen LogP contribution in [0.3, 0.4) is 0 Å². The van der Waals surface area contributed by atoms with Gasteiger partial charge in [0.25, 0.3) is 0 Å². The normalized spacial score (nSPS) is 12.4. The van der Waals surface area contributed by atoms with Crippen LogP contribution in [0, 0.1) is 0 Å². The SMILES string of the molecule is CCCOCCC(O)c1ccc(OCC)cc1. The summed E-state index contributed by atoms with van der Waals surface area (Å²) < 4.78 is 10.7. The molecule has 1 N–H and O–H groups in total. The molecule has 17 heavy (non-hydrogen) atoms. The van der Waals surface area contributed by atoms with Gasteiger partial charge in [-0.2, -0.15) is 0 Å². The molecule has 1 unspecified atom stereocenters. The molecule has 96 valence electrons. The third kappa shape index (κ3) is 5.20. The Morgan fingerprint density at radius 2 is 1.82 bits per heavy atom. The zero-order chi connectivity index (χ0) is 12.5. The molecule has 0 bridgehead atoms. The van der Waals surface area contributed by atoms with Crippen LogP contribution in [0.15, 0.2) is 24.3 Å². The first-order chi connectivity index (χ1) is 8.27. The summed E-state index contributed by atoms with van der Waals surface area (Å²) in [6.45, 7) is 6.04. The minimum atomic E-state index is -0.456. The molecular formula is C14H22O3. The van der Waals surface area contributed by atoms with Crippen LogP contribution in [0.2, 0.25) is 0 Å². The predicted molar refractivity (Wildman–Crippen MR) is 68.3 cm³/mol. The van der Waals surface area contributed by atoms with Crippen LogP contribution in [-0.2, 0) is 4.74 Å². The maximum absolute atomic E-state index is 9.92. The highest BCUT2D eigenvalue weighted by atomic mass is 16.5. The molecule has 3 heteroatoms. The maximum atomic E-state index is 9.92. The Morgan fingerprint density at radius 1 is 1.12 bits per heavy atom. The summed E-state index contributed by atoms with van der Waals surface area (Å²) in [7, 11) is 0. The second-order valence-electron chi connectivity index (χ2n) is 3.92. The Morgan fingerprint density at radius 3 is 2.41 bits per heavy atom. The molecule has 3 nitrogen and oxygen atoms in total. The zero-order valence-electron chi connectivity index (χ0n) is 10.7. The van der Waals surface area contributed by atoms with Gasteiger partial charge in [0.05, 0.1) is 12.7 Å². The summed E-state index contributed by atoms with van der Waals surface area (Å²) in [4.78, 5) is 0. The highest BCUT2D eigenvalue weighted by Crippen LogP contribution is 2.20. The van der Waals surface area contributed by atoms with Crippen LogP contribution in [0.25, 0.3) is 0 Å². The highest BCUT2D eigenvalue weighted by Gasteiger charge is 2.07. The molecule has 0 saturated carbocycles. The lowest BCUT2D eigenvalue weighted by atomic mass is 10.1. The zero-order valence-corrected chi connectivity index (χ0v) is 10.7. The van der Waals surface area contributed by atoms with Crippen molar-refractivity contribution in [1.82, 2.24) is 0 Å². The molecule has 0 saturated heterocycles. The Labute approximate surface area is 103 Å². The molecule has 0 aliphatic rings. The van der Waals surface area contributed by atoms with Crippen LogP contribution in [0.1, 0.15) is 38.4 Å². The summed E-state index contributed by atoms with van der Waals surface area (Å²) in [5, 5.41) is 9.92. The molecule has 0 radical (unpaired) electrons. The first-order valence-corrected chi connectivity index (χ1v) is 6.26. The van der Waals surface area contributed by atoms with E-state index in [0.29, 0.717) is 19.6 Å². The minimum absolute atomic E-state index is 0.456. The summed E-state index contributed by atoms with van der Waals surface area (Å²) >= 11 is 0. The predicted octanol–water partition coefficient (Wildman–Crippen LogP) is 2.94. The molecule has 1 aromatic carbocycles. The minimum Gasteiger partial charge on any atom is -0.494 e.